The van der Waals surface area contributed by atoms with E-state index >= 15 is 0 Å². The Balaban J connectivity index is 2.01. The molecular formula is C10H19NO. The van der Waals surface area contributed by atoms with Crippen molar-refractivity contribution in [1.29, 1.82) is 0 Å². The standard InChI is InChI=1S/C10H19NO/c1-12-8-9-10(6-7-11-9)4-2-3-5-10/h9,11H,2-8H2,1H3. The number of rotatable bonds is 2. The van der Waals surface area contributed by atoms with Crippen LogP contribution in [0.25, 0.3) is 0 Å². The lowest BCUT2D eigenvalue weighted by molar-refractivity contribution is 0.117. The van der Waals surface area contributed by atoms with Gasteiger partial charge >= 0.3 is 0 Å². The molecule has 2 rings (SSSR count). The highest BCUT2D eigenvalue weighted by atomic mass is 16.5. The lowest BCUT2D eigenvalue weighted by Crippen LogP contribution is -2.38. The first-order chi connectivity index (χ1) is 5.87. The molecule has 2 heteroatoms. The molecule has 70 valence electrons. The minimum atomic E-state index is 0.621. The summed E-state index contributed by atoms with van der Waals surface area (Å²) < 4.78 is 5.25. The van der Waals surface area contributed by atoms with Crippen LogP contribution in [-0.4, -0.2) is 26.3 Å². The molecule has 0 aromatic rings. The predicted molar refractivity (Wildman–Crippen MR) is 49.2 cm³/mol. The van der Waals surface area contributed by atoms with Crippen LogP contribution in [0.4, 0.5) is 0 Å². The van der Waals surface area contributed by atoms with E-state index < -0.39 is 0 Å². The fourth-order valence-electron chi connectivity index (χ4n) is 2.97. The lowest BCUT2D eigenvalue weighted by atomic mass is 9.79. The van der Waals surface area contributed by atoms with Gasteiger partial charge in [-0.2, -0.15) is 0 Å². The van der Waals surface area contributed by atoms with Crippen molar-refractivity contribution in [1.82, 2.24) is 5.32 Å². The molecule has 1 saturated carbocycles. The first-order valence-corrected chi connectivity index (χ1v) is 5.10. The second-order valence-electron chi connectivity index (χ2n) is 4.28. The Morgan fingerprint density at radius 2 is 2.08 bits per heavy atom. The van der Waals surface area contributed by atoms with E-state index in [1.807, 2.05) is 7.11 Å². The normalized spacial score (nSPS) is 33.2. The molecule has 2 fully saturated rings. The molecule has 0 amide bonds. The van der Waals surface area contributed by atoms with Gasteiger partial charge in [-0.1, -0.05) is 12.8 Å². The van der Waals surface area contributed by atoms with Crippen molar-refractivity contribution < 1.29 is 4.74 Å². The molecular weight excluding hydrogens is 150 g/mol. The number of hydrogen-bond donors (Lipinski definition) is 1. The summed E-state index contributed by atoms with van der Waals surface area (Å²) in [6.45, 7) is 2.11. The van der Waals surface area contributed by atoms with E-state index in [0.29, 0.717) is 11.5 Å². The Kier molecular flexibility index (Phi) is 2.37. The summed E-state index contributed by atoms with van der Waals surface area (Å²) in [7, 11) is 1.81. The molecule has 1 unspecified atom stereocenters. The van der Waals surface area contributed by atoms with Gasteiger partial charge in [0.25, 0.3) is 0 Å². The van der Waals surface area contributed by atoms with Crippen molar-refractivity contribution in [3.05, 3.63) is 0 Å². The van der Waals surface area contributed by atoms with Gasteiger partial charge in [-0.05, 0) is 31.2 Å². The largest absolute Gasteiger partial charge is 0.383 e. The molecule has 1 atom stereocenters. The summed E-state index contributed by atoms with van der Waals surface area (Å²) in [5, 5.41) is 3.57. The molecule has 1 aliphatic carbocycles. The second kappa shape index (κ2) is 3.35. The summed E-state index contributed by atoms with van der Waals surface area (Å²) in [4.78, 5) is 0. The zero-order valence-electron chi connectivity index (χ0n) is 7.94. The number of nitrogens with one attached hydrogen (secondary N) is 1. The first-order valence-electron chi connectivity index (χ1n) is 5.10. The van der Waals surface area contributed by atoms with Gasteiger partial charge in [-0.15, -0.1) is 0 Å². The van der Waals surface area contributed by atoms with E-state index in [-0.39, 0.29) is 0 Å². The molecule has 1 heterocycles. The van der Waals surface area contributed by atoms with Gasteiger partial charge in [-0.3, -0.25) is 0 Å². The van der Waals surface area contributed by atoms with Gasteiger partial charge in [0.05, 0.1) is 6.61 Å². The van der Waals surface area contributed by atoms with E-state index in [4.69, 9.17) is 4.74 Å². The molecule has 0 aromatic carbocycles. The van der Waals surface area contributed by atoms with Crippen molar-refractivity contribution in [3.8, 4) is 0 Å². The van der Waals surface area contributed by atoms with Crippen LogP contribution in [0.5, 0.6) is 0 Å². The van der Waals surface area contributed by atoms with E-state index in [2.05, 4.69) is 5.32 Å². The summed E-state index contributed by atoms with van der Waals surface area (Å²) in [6, 6.07) is 0.644. The topological polar surface area (TPSA) is 21.3 Å². The van der Waals surface area contributed by atoms with Gasteiger partial charge < -0.3 is 10.1 Å². The number of methoxy groups -OCH3 is 1. The molecule has 2 nitrogen and oxygen atoms in total. The zero-order valence-corrected chi connectivity index (χ0v) is 7.94. The van der Waals surface area contributed by atoms with Gasteiger partial charge in [0, 0.05) is 13.2 Å². The quantitative estimate of drug-likeness (QED) is 0.677. The molecule has 0 aromatic heterocycles. The van der Waals surface area contributed by atoms with Crippen molar-refractivity contribution >= 4 is 0 Å². The summed E-state index contributed by atoms with van der Waals surface area (Å²) in [5.74, 6) is 0. The fraction of sp³-hybridized carbons (Fsp3) is 1.00. The van der Waals surface area contributed by atoms with Crippen molar-refractivity contribution in [3.63, 3.8) is 0 Å². The average Bonchev–Trinajstić information content (AvgIpc) is 2.66. The van der Waals surface area contributed by atoms with Crippen LogP contribution < -0.4 is 5.32 Å². The van der Waals surface area contributed by atoms with Gasteiger partial charge in [-0.25, -0.2) is 0 Å². The average molecular weight is 169 g/mol. The van der Waals surface area contributed by atoms with E-state index in [1.54, 1.807) is 0 Å². The Morgan fingerprint density at radius 3 is 2.75 bits per heavy atom. The molecule has 0 bridgehead atoms. The van der Waals surface area contributed by atoms with E-state index in [1.165, 1.54) is 38.6 Å². The highest BCUT2D eigenvalue weighted by Gasteiger charge is 2.44. The van der Waals surface area contributed by atoms with Crippen LogP contribution in [0.1, 0.15) is 32.1 Å². The summed E-state index contributed by atoms with van der Waals surface area (Å²) in [5.41, 5.74) is 0.621. The maximum Gasteiger partial charge on any atom is 0.0621 e. The van der Waals surface area contributed by atoms with Gasteiger partial charge in [0.2, 0.25) is 0 Å². The number of ether oxygens (including phenoxy) is 1. The second-order valence-corrected chi connectivity index (χ2v) is 4.28. The minimum absolute atomic E-state index is 0.621. The monoisotopic (exact) mass is 169 g/mol. The SMILES string of the molecule is COCC1NCCC12CCCC2. The minimum Gasteiger partial charge on any atom is -0.383 e. The smallest absolute Gasteiger partial charge is 0.0621 e. The highest BCUT2D eigenvalue weighted by molar-refractivity contribution is 4.99. The van der Waals surface area contributed by atoms with Crippen LogP contribution >= 0.6 is 0 Å². The third kappa shape index (κ3) is 1.27. The zero-order chi connectivity index (χ0) is 8.44. The van der Waals surface area contributed by atoms with Gasteiger partial charge in [0.15, 0.2) is 0 Å². The molecule has 1 spiro atoms. The molecule has 0 radical (unpaired) electrons. The van der Waals surface area contributed by atoms with Crippen molar-refractivity contribution in [2.75, 3.05) is 20.3 Å². The molecule has 1 N–H and O–H groups in total. The van der Waals surface area contributed by atoms with Crippen LogP contribution in [0.2, 0.25) is 0 Å². The van der Waals surface area contributed by atoms with Crippen molar-refractivity contribution in [2.45, 2.75) is 38.1 Å². The van der Waals surface area contributed by atoms with Gasteiger partial charge in [0.1, 0.15) is 0 Å². The lowest BCUT2D eigenvalue weighted by Gasteiger charge is -2.29. The molecule has 1 saturated heterocycles. The fourth-order valence-corrected chi connectivity index (χ4v) is 2.97. The third-order valence-electron chi connectivity index (χ3n) is 3.69. The van der Waals surface area contributed by atoms with Crippen LogP contribution in [-0.2, 0) is 4.74 Å². The summed E-state index contributed by atoms with van der Waals surface area (Å²) >= 11 is 0. The molecule has 2 aliphatic rings. The van der Waals surface area contributed by atoms with Crippen LogP contribution in [0.15, 0.2) is 0 Å². The van der Waals surface area contributed by atoms with Crippen molar-refractivity contribution in [2.24, 2.45) is 5.41 Å². The maximum atomic E-state index is 5.25. The first kappa shape index (κ1) is 8.52. The molecule has 1 aliphatic heterocycles. The third-order valence-corrected chi connectivity index (χ3v) is 3.69. The Bertz CT molecular complexity index is 146. The molecule has 12 heavy (non-hydrogen) atoms. The maximum absolute atomic E-state index is 5.25. The highest BCUT2D eigenvalue weighted by Crippen LogP contribution is 2.46. The van der Waals surface area contributed by atoms with Crippen LogP contribution in [0.3, 0.4) is 0 Å². The Morgan fingerprint density at radius 1 is 1.33 bits per heavy atom. The summed E-state index contributed by atoms with van der Waals surface area (Å²) in [6.07, 6.45) is 7.09. The van der Waals surface area contributed by atoms with E-state index in [9.17, 15) is 0 Å². The number of hydrogen-bond acceptors (Lipinski definition) is 2. The predicted octanol–water partition coefficient (Wildman–Crippen LogP) is 1.56. The van der Waals surface area contributed by atoms with Crippen LogP contribution in [0, 0.1) is 5.41 Å². The Labute approximate surface area is 74.7 Å². The Hall–Kier alpha value is -0.0800. The van der Waals surface area contributed by atoms with E-state index in [0.717, 1.165) is 6.61 Å².